The van der Waals surface area contributed by atoms with Crippen molar-refractivity contribution < 1.29 is 9.47 Å². The maximum Gasteiger partial charge on any atom is 0.0844 e. The Morgan fingerprint density at radius 3 is 2.87 bits per heavy atom. The molecule has 1 rings (SSSR count). The van der Waals surface area contributed by atoms with Crippen molar-refractivity contribution in [2.75, 3.05) is 39.2 Å². The van der Waals surface area contributed by atoms with Crippen molar-refractivity contribution in [3.8, 4) is 0 Å². The highest BCUT2D eigenvalue weighted by Gasteiger charge is 2.32. The molecule has 1 heterocycles. The summed E-state index contributed by atoms with van der Waals surface area (Å²) in [6.07, 6.45) is 1.24. The molecule has 1 saturated heterocycles. The number of halogens is 1. The SMILES string of the molecule is COCCCN1CC(CCl)OC(C)(C)C1. The number of hydrogen-bond donors (Lipinski definition) is 0. The topological polar surface area (TPSA) is 21.7 Å². The van der Waals surface area contributed by atoms with Gasteiger partial charge in [0.1, 0.15) is 0 Å². The summed E-state index contributed by atoms with van der Waals surface area (Å²) in [6.45, 7) is 8.04. The minimum Gasteiger partial charge on any atom is -0.385 e. The lowest BCUT2D eigenvalue weighted by atomic mass is 10.1. The molecule has 3 nitrogen and oxygen atoms in total. The van der Waals surface area contributed by atoms with Gasteiger partial charge in [-0.2, -0.15) is 0 Å². The molecule has 1 aliphatic rings. The number of rotatable bonds is 5. The minimum atomic E-state index is -0.0785. The van der Waals surface area contributed by atoms with Crippen LogP contribution < -0.4 is 0 Å². The van der Waals surface area contributed by atoms with Crippen LogP contribution in [0.25, 0.3) is 0 Å². The first-order valence-corrected chi connectivity index (χ1v) is 6.06. The number of hydrogen-bond acceptors (Lipinski definition) is 3. The second kappa shape index (κ2) is 6.04. The average molecular weight is 236 g/mol. The molecule has 0 aliphatic carbocycles. The van der Waals surface area contributed by atoms with Gasteiger partial charge in [0.25, 0.3) is 0 Å². The van der Waals surface area contributed by atoms with Crippen LogP contribution in [0.4, 0.5) is 0 Å². The Hall–Kier alpha value is 0.170. The molecule has 1 unspecified atom stereocenters. The predicted molar refractivity (Wildman–Crippen MR) is 62.6 cm³/mol. The van der Waals surface area contributed by atoms with E-state index in [1.807, 2.05) is 0 Å². The Morgan fingerprint density at radius 2 is 2.27 bits per heavy atom. The smallest absolute Gasteiger partial charge is 0.0844 e. The summed E-state index contributed by atoms with van der Waals surface area (Å²) in [4.78, 5) is 2.41. The van der Waals surface area contributed by atoms with Crippen LogP contribution in [0.2, 0.25) is 0 Å². The van der Waals surface area contributed by atoms with Crippen LogP contribution in [0.1, 0.15) is 20.3 Å². The van der Waals surface area contributed by atoms with Crippen LogP contribution in [-0.4, -0.2) is 55.8 Å². The molecule has 1 aliphatic heterocycles. The van der Waals surface area contributed by atoms with Gasteiger partial charge in [0.15, 0.2) is 0 Å². The van der Waals surface area contributed by atoms with Crippen molar-refractivity contribution >= 4 is 11.6 Å². The van der Waals surface area contributed by atoms with Crippen molar-refractivity contribution in [1.82, 2.24) is 4.90 Å². The maximum atomic E-state index is 5.86. The van der Waals surface area contributed by atoms with Crippen LogP contribution >= 0.6 is 11.6 Å². The van der Waals surface area contributed by atoms with E-state index in [-0.39, 0.29) is 11.7 Å². The molecule has 1 atom stereocenters. The third kappa shape index (κ3) is 4.68. The zero-order valence-corrected chi connectivity index (χ0v) is 10.7. The van der Waals surface area contributed by atoms with E-state index >= 15 is 0 Å². The molecular weight excluding hydrogens is 214 g/mol. The lowest BCUT2D eigenvalue weighted by Gasteiger charge is -2.42. The first kappa shape index (κ1) is 13.2. The van der Waals surface area contributed by atoms with Gasteiger partial charge in [-0.05, 0) is 20.3 Å². The van der Waals surface area contributed by atoms with Gasteiger partial charge in [-0.25, -0.2) is 0 Å². The Balaban J connectivity index is 2.36. The van der Waals surface area contributed by atoms with E-state index in [0.717, 1.165) is 32.7 Å². The fraction of sp³-hybridized carbons (Fsp3) is 1.00. The molecule has 0 aromatic carbocycles. The quantitative estimate of drug-likeness (QED) is 0.535. The van der Waals surface area contributed by atoms with E-state index in [9.17, 15) is 0 Å². The summed E-state index contributed by atoms with van der Waals surface area (Å²) in [6, 6.07) is 0. The molecule has 4 heteroatoms. The summed E-state index contributed by atoms with van der Waals surface area (Å²) in [5.41, 5.74) is -0.0785. The van der Waals surface area contributed by atoms with E-state index in [4.69, 9.17) is 21.1 Å². The summed E-state index contributed by atoms with van der Waals surface area (Å²) >= 11 is 5.86. The van der Waals surface area contributed by atoms with Crippen molar-refractivity contribution in [2.45, 2.75) is 32.0 Å². The summed E-state index contributed by atoms with van der Waals surface area (Å²) in [5, 5.41) is 0. The van der Waals surface area contributed by atoms with E-state index in [2.05, 4.69) is 18.7 Å². The van der Waals surface area contributed by atoms with Crippen LogP contribution in [0.5, 0.6) is 0 Å². The molecule has 0 saturated carbocycles. The van der Waals surface area contributed by atoms with E-state index < -0.39 is 0 Å². The standard InChI is InChI=1S/C11H22ClNO2/c1-11(2)9-13(5-4-6-14-3)8-10(7-12)15-11/h10H,4-9H2,1-3H3. The molecule has 0 aromatic rings. The Labute approximate surface area is 97.7 Å². The van der Waals surface area contributed by atoms with Crippen molar-refractivity contribution in [1.29, 1.82) is 0 Å². The van der Waals surface area contributed by atoms with Crippen molar-refractivity contribution in [2.24, 2.45) is 0 Å². The highest BCUT2D eigenvalue weighted by molar-refractivity contribution is 6.18. The van der Waals surface area contributed by atoms with Gasteiger partial charge >= 0.3 is 0 Å². The van der Waals surface area contributed by atoms with Gasteiger partial charge in [-0.3, -0.25) is 4.90 Å². The van der Waals surface area contributed by atoms with Gasteiger partial charge in [0, 0.05) is 39.2 Å². The molecule has 0 spiro atoms. The van der Waals surface area contributed by atoms with E-state index in [1.54, 1.807) is 7.11 Å². The molecule has 0 bridgehead atoms. The predicted octanol–water partition coefficient (Wildman–Crippen LogP) is 1.74. The minimum absolute atomic E-state index is 0.0785. The van der Waals surface area contributed by atoms with E-state index in [0.29, 0.717) is 5.88 Å². The zero-order chi connectivity index (χ0) is 11.3. The van der Waals surface area contributed by atoms with Gasteiger partial charge in [0.2, 0.25) is 0 Å². The van der Waals surface area contributed by atoms with Gasteiger partial charge in [-0.15, -0.1) is 11.6 Å². The monoisotopic (exact) mass is 235 g/mol. The van der Waals surface area contributed by atoms with Crippen LogP contribution in [-0.2, 0) is 9.47 Å². The second-order valence-corrected chi connectivity index (χ2v) is 5.04. The molecule has 90 valence electrons. The van der Waals surface area contributed by atoms with Crippen LogP contribution in [0.15, 0.2) is 0 Å². The number of methoxy groups -OCH3 is 1. The highest BCUT2D eigenvalue weighted by atomic mass is 35.5. The number of alkyl halides is 1. The number of morpholine rings is 1. The lowest BCUT2D eigenvalue weighted by Crippen LogP contribution is -2.53. The Bertz CT molecular complexity index is 187. The lowest BCUT2D eigenvalue weighted by molar-refractivity contribution is -0.127. The largest absolute Gasteiger partial charge is 0.385 e. The van der Waals surface area contributed by atoms with Crippen LogP contribution in [0, 0.1) is 0 Å². The van der Waals surface area contributed by atoms with E-state index in [1.165, 1.54) is 0 Å². The zero-order valence-electron chi connectivity index (χ0n) is 9.96. The molecule has 0 radical (unpaired) electrons. The first-order chi connectivity index (χ1) is 7.07. The molecular formula is C11H22ClNO2. The first-order valence-electron chi connectivity index (χ1n) is 5.52. The van der Waals surface area contributed by atoms with Crippen molar-refractivity contribution in [3.63, 3.8) is 0 Å². The fourth-order valence-electron chi connectivity index (χ4n) is 2.10. The Kier molecular flexibility index (Phi) is 5.33. The highest BCUT2D eigenvalue weighted by Crippen LogP contribution is 2.21. The van der Waals surface area contributed by atoms with Crippen molar-refractivity contribution in [3.05, 3.63) is 0 Å². The van der Waals surface area contributed by atoms with Gasteiger partial charge < -0.3 is 9.47 Å². The average Bonchev–Trinajstić information content (AvgIpc) is 2.16. The molecule has 1 fully saturated rings. The summed E-state index contributed by atoms with van der Waals surface area (Å²) in [7, 11) is 1.74. The normalized spacial score (nSPS) is 26.8. The van der Waals surface area contributed by atoms with Gasteiger partial charge in [0.05, 0.1) is 11.7 Å². The molecule has 0 amide bonds. The summed E-state index contributed by atoms with van der Waals surface area (Å²) < 4.78 is 10.9. The second-order valence-electron chi connectivity index (χ2n) is 4.74. The third-order valence-corrected chi connectivity index (χ3v) is 2.89. The third-order valence-electron chi connectivity index (χ3n) is 2.55. The molecule has 15 heavy (non-hydrogen) atoms. The maximum absolute atomic E-state index is 5.86. The Morgan fingerprint density at radius 1 is 1.53 bits per heavy atom. The van der Waals surface area contributed by atoms with Crippen LogP contribution in [0.3, 0.4) is 0 Å². The number of nitrogens with zero attached hydrogens (tertiary/aromatic N) is 1. The summed E-state index contributed by atoms with van der Waals surface area (Å²) in [5.74, 6) is 0.574. The fourth-order valence-corrected chi connectivity index (χ4v) is 2.26. The van der Waals surface area contributed by atoms with Gasteiger partial charge in [-0.1, -0.05) is 0 Å². The molecule has 0 N–H and O–H groups in total. The molecule has 0 aromatic heterocycles. The number of ether oxygens (including phenoxy) is 2.